The van der Waals surface area contributed by atoms with Crippen LogP contribution in [0.2, 0.25) is 0 Å². The number of carboxylic acid groups (broad SMARTS) is 1. The quantitative estimate of drug-likeness (QED) is 0.874. The Labute approximate surface area is 123 Å². The van der Waals surface area contributed by atoms with E-state index in [1.54, 1.807) is 0 Å². The zero-order valence-electron chi connectivity index (χ0n) is 11.5. The Hall–Kier alpha value is -1.77. The molecule has 9 heteroatoms. The second kappa shape index (κ2) is 6.79. The van der Waals surface area contributed by atoms with Crippen LogP contribution in [-0.4, -0.2) is 41.3 Å². The highest BCUT2D eigenvalue weighted by molar-refractivity contribution is 7.12. The van der Waals surface area contributed by atoms with Crippen molar-refractivity contribution in [3.8, 4) is 0 Å². The molecule has 0 aliphatic carbocycles. The van der Waals surface area contributed by atoms with Gasteiger partial charge in [-0.2, -0.15) is 13.2 Å². The highest BCUT2D eigenvalue weighted by Crippen LogP contribution is 2.20. The van der Waals surface area contributed by atoms with Gasteiger partial charge in [-0.25, -0.2) is 4.79 Å². The van der Waals surface area contributed by atoms with E-state index in [2.05, 4.69) is 5.32 Å². The van der Waals surface area contributed by atoms with Crippen molar-refractivity contribution in [3.63, 3.8) is 0 Å². The Morgan fingerprint density at radius 2 is 2.00 bits per heavy atom. The molecule has 1 heterocycles. The zero-order valence-corrected chi connectivity index (χ0v) is 12.3. The van der Waals surface area contributed by atoms with Gasteiger partial charge in [0, 0.05) is 9.75 Å². The number of hydrogen-bond donors (Lipinski definition) is 2. The third-order valence-corrected chi connectivity index (χ3v) is 3.77. The largest absolute Gasteiger partial charge is 0.480 e. The lowest BCUT2D eigenvalue weighted by Gasteiger charge is -2.22. The third-order valence-electron chi connectivity index (χ3n) is 2.61. The molecule has 0 saturated carbocycles. The number of hydrogen-bond acceptors (Lipinski definition) is 3. The molecule has 0 aliphatic heterocycles. The SMILES string of the molecule is Cc1cc(CNC(=O)N(CC(=O)O)CC(F)(F)F)sc1C. The Kier molecular flexibility index (Phi) is 5.59. The van der Waals surface area contributed by atoms with E-state index in [4.69, 9.17) is 5.11 Å². The topological polar surface area (TPSA) is 69.6 Å². The van der Waals surface area contributed by atoms with Crippen LogP contribution in [0.4, 0.5) is 18.0 Å². The predicted molar refractivity (Wildman–Crippen MR) is 71.3 cm³/mol. The molecule has 118 valence electrons. The van der Waals surface area contributed by atoms with Crippen LogP contribution in [0.5, 0.6) is 0 Å². The molecule has 0 aliphatic rings. The molecule has 0 spiro atoms. The number of urea groups is 1. The van der Waals surface area contributed by atoms with Gasteiger partial charge in [0.05, 0.1) is 6.54 Å². The molecule has 0 atom stereocenters. The summed E-state index contributed by atoms with van der Waals surface area (Å²) >= 11 is 1.42. The third kappa shape index (κ3) is 6.03. The van der Waals surface area contributed by atoms with E-state index < -0.39 is 31.3 Å². The van der Waals surface area contributed by atoms with Crippen molar-refractivity contribution in [2.24, 2.45) is 0 Å². The van der Waals surface area contributed by atoms with Gasteiger partial charge in [0.1, 0.15) is 13.1 Å². The number of aliphatic carboxylic acids is 1. The molecule has 2 amide bonds. The number of alkyl halides is 3. The molecule has 0 saturated heterocycles. The van der Waals surface area contributed by atoms with Crippen LogP contribution in [0.3, 0.4) is 0 Å². The number of halogens is 3. The fourth-order valence-electron chi connectivity index (χ4n) is 1.59. The Morgan fingerprint density at radius 3 is 2.43 bits per heavy atom. The average molecular weight is 324 g/mol. The van der Waals surface area contributed by atoms with Gasteiger partial charge in [-0.15, -0.1) is 11.3 Å². The standard InChI is InChI=1S/C12H15F3N2O3S/c1-7-3-9(21-8(7)2)4-16-11(20)17(5-10(18)19)6-12(13,14)15/h3H,4-6H2,1-2H3,(H,16,20)(H,18,19). The maximum absolute atomic E-state index is 12.3. The van der Waals surface area contributed by atoms with E-state index in [0.29, 0.717) is 0 Å². The molecule has 0 unspecified atom stereocenters. The minimum atomic E-state index is -4.65. The zero-order chi connectivity index (χ0) is 16.2. The summed E-state index contributed by atoms with van der Waals surface area (Å²) in [6.07, 6.45) is -4.65. The van der Waals surface area contributed by atoms with Crippen molar-refractivity contribution in [2.45, 2.75) is 26.6 Å². The summed E-state index contributed by atoms with van der Waals surface area (Å²) in [7, 11) is 0. The molecular weight excluding hydrogens is 309 g/mol. The van der Waals surface area contributed by atoms with Crippen LogP contribution in [0.1, 0.15) is 15.3 Å². The van der Waals surface area contributed by atoms with Crippen LogP contribution in [-0.2, 0) is 11.3 Å². The molecule has 21 heavy (non-hydrogen) atoms. The molecule has 1 aromatic heterocycles. The van der Waals surface area contributed by atoms with Crippen LogP contribution in [0.25, 0.3) is 0 Å². The van der Waals surface area contributed by atoms with Crippen molar-refractivity contribution in [1.82, 2.24) is 10.2 Å². The minimum Gasteiger partial charge on any atom is -0.480 e. The van der Waals surface area contributed by atoms with Gasteiger partial charge in [0.2, 0.25) is 0 Å². The first-order valence-electron chi connectivity index (χ1n) is 5.95. The van der Waals surface area contributed by atoms with E-state index in [1.165, 1.54) is 11.3 Å². The molecule has 0 bridgehead atoms. The van der Waals surface area contributed by atoms with Crippen molar-refractivity contribution in [3.05, 3.63) is 21.4 Å². The number of rotatable bonds is 5. The van der Waals surface area contributed by atoms with Crippen molar-refractivity contribution >= 4 is 23.3 Å². The Morgan fingerprint density at radius 1 is 1.38 bits per heavy atom. The molecule has 1 rings (SSSR count). The number of amides is 2. The smallest absolute Gasteiger partial charge is 0.406 e. The summed E-state index contributed by atoms with van der Waals surface area (Å²) in [5.74, 6) is -1.50. The van der Waals surface area contributed by atoms with Crippen LogP contribution < -0.4 is 5.32 Å². The first-order valence-corrected chi connectivity index (χ1v) is 6.77. The molecule has 0 aromatic carbocycles. The van der Waals surface area contributed by atoms with E-state index in [0.717, 1.165) is 15.3 Å². The van der Waals surface area contributed by atoms with Gasteiger partial charge in [0.15, 0.2) is 0 Å². The monoisotopic (exact) mass is 324 g/mol. The number of carbonyl (C=O) groups excluding carboxylic acids is 1. The minimum absolute atomic E-state index is 0.0617. The predicted octanol–water partition coefficient (Wildman–Crippen LogP) is 2.52. The molecule has 1 aromatic rings. The van der Waals surface area contributed by atoms with E-state index in [1.807, 2.05) is 19.9 Å². The number of aryl methyl sites for hydroxylation is 2. The van der Waals surface area contributed by atoms with Gasteiger partial charge in [0.25, 0.3) is 0 Å². The number of carbonyl (C=O) groups is 2. The van der Waals surface area contributed by atoms with Crippen molar-refractivity contribution in [2.75, 3.05) is 13.1 Å². The van der Waals surface area contributed by atoms with Gasteiger partial charge in [-0.05, 0) is 25.5 Å². The summed E-state index contributed by atoms with van der Waals surface area (Å²) in [5, 5.41) is 10.9. The van der Waals surface area contributed by atoms with Crippen LogP contribution >= 0.6 is 11.3 Å². The van der Waals surface area contributed by atoms with E-state index in [9.17, 15) is 22.8 Å². The first-order chi connectivity index (χ1) is 9.58. The van der Waals surface area contributed by atoms with Gasteiger partial charge in [-0.3, -0.25) is 4.79 Å². The molecule has 5 nitrogen and oxygen atoms in total. The fraction of sp³-hybridized carbons (Fsp3) is 0.500. The lowest BCUT2D eigenvalue weighted by atomic mass is 10.3. The Bertz CT molecular complexity index is 509. The molecule has 0 fully saturated rings. The number of carboxylic acids is 1. The maximum Gasteiger partial charge on any atom is 0.406 e. The molecule has 2 N–H and O–H groups in total. The second-order valence-corrected chi connectivity index (χ2v) is 5.82. The summed E-state index contributed by atoms with van der Waals surface area (Å²) in [4.78, 5) is 24.3. The summed E-state index contributed by atoms with van der Waals surface area (Å²) < 4.78 is 37.0. The van der Waals surface area contributed by atoms with Crippen LogP contribution in [0, 0.1) is 13.8 Å². The Balaban J connectivity index is 2.65. The van der Waals surface area contributed by atoms with E-state index in [-0.39, 0.29) is 11.4 Å². The second-order valence-electron chi connectivity index (χ2n) is 4.48. The first kappa shape index (κ1) is 17.3. The summed E-state index contributed by atoms with van der Waals surface area (Å²) in [6, 6.07) is 0.768. The highest BCUT2D eigenvalue weighted by Gasteiger charge is 2.33. The van der Waals surface area contributed by atoms with Crippen LogP contribution in [0.15, 0.2) is 6.07 Å². The normalized spacial score (nSPS) is 11.3. The number of nitrogens with one attached hydrogen (secondary N) is 1. The fourth-order valence-corrected chi connectivity index (χ4v) is 2.58. The van der Waals surface area contributed by atoms with Gasteiger partial charge in [-0.1, -0.05) is 0 Å². The summed E-state index contributed by atoms with van der Waals surface area (Å²) in [5.41, 5.74) is 1.03. The van der Waals surface area contributed by atoms with E-state index >= 15 is 0 Å². The van der Waals surface area contributed by atoms with Gasteiger partial charge >= 0.3 is 18.2 Å². The molecular formula is C12H15F3N2O3S. The van der Waals surface area contributed by atoms with Crippen molar-refractivity contribution in [1.29, 1.82) is 0 Å². The lowest BCUT2D eigenvalue weighted by molar-refractivity contribution is -0.148. The number of thiophene rings is 1. The lowest BCUT2D eigenvalue weighted by Crippen LogP contribution is -2.46. The van der Waals surface area contributed by atoms with Crippen molar-refractivity contribution < 1.29 is 27.9 Å². The molecule has 0 radical (unpaired) electrons. The number of nitrogens with zero attached hydrogens (tertiary/aromatic N) is 1. The average Bonchev–Trinajstić information content (AvgIpc) is 2.62. The van der Waals surface area contributed by atoms with Gasteiger partial charge < -0.3 is 15.3 Å². The highest BCUT2D eigenvalue weighted by atomic mass is 32.1. The summed E-state index contributed by atoms with van der Waals surface area (Å²) in [6.45, 7) is 1.23. The maximum atomic E-state index is 12.3.